The van der Waals surface area contributed by atoms with E-state index < -0.39 is 0 Å². The molecule has 3 rings (SSSR count). The van der Waals surface area contributed by atoms with Crippen molar-refractivity contribution in [3.63, 3.8) is 0 Å². The molecule has 1 aliphatic heterocycles. The van der Waals surface area contributed by atoms with Crippen LogP contribution in [0.25, 0.3) is 11.3 Å². The molecule has 1 aromatic carbocycles. The highest BCUT2D eigenvalue weighted by Crippen LogP contribution is 2.30. The molecule has 1 aliphatic rings. The molecule has 0 spiro atoms. The summed E-state index contributed by atoms with van der Waals surface area (Å²) in [7, 11) is 3.68. The number of imidazole rings is 1. The maximum atomic E-state index is 13.4. The molecule has 30 heavy (non-hydrogen) atoms. The van der Waals surface area contributed by atoms with Crippen LogP contribution in [0.3, 0.4) is 0 Å². The van der Waals surface area contributed by atoms with Crippen LogP contribution in [0.2, 0.25) is 0 Å². The molecule has 7 nitrogen and oxygen atoms in total. The number of piperidine rings is 1. The van der Waals surface area contributed by atoms with E-state index in [4.69, 9.17) is 4.74 Å². The fourth-order valence-corrected chi connectivity index (χ4v) is 3.54. The first-order valence-electron chi connectivity index (χ1n) is 10.0. The Morgan fingerprint density at radius 3 is 2.50 bits per heavy atom. The van der Waals surface area contributed by atoms with Gasteiger partial charge in [-0.1, -0.05) is 0 Å². The van der Waals surface area contributed by atoms with Gasteiger partial charge < -0.3 is 19.1 Å². The fraction of sp³-hybridized carbons (Fsp3) is 0.409. The number of rotatable bonds is 6. The Morgan fingerprint density at radius 1 is 1.23 bits per heavy atom. The van der Waals surface area contributed by atoms with E-state index in [1.165, 1.54) is 18.2 Å². The van der Waals surface area contributed by atoms with Gasteiger partial charge in [0.2, 0.25) is 5.78 Å². The molecule has 2 heterocycles. The van der Waals surface area contributed by atoms with Crippen LogP contribution in [0.5, 0.6) is 0 Å². The van der Waals surface area contributed by atoms with Crippen LogP contribution >= 0.6 is 0 Å². The van der Waals surface area contributed by atoms with E-state index in [0.717, 1.165) is 0 Å². The van der Waals surface area contributed by atoms with E-state index in [2.05, 4.69) is 4.98 Å². The van der Waals surface area contributed by atoms with Crippen molar-refractivity contribution in [2.75, 3.05) is 33.8 Å². The number of hydrogen-bond acceptors (Lipinski definition) is 5. The molecule has 1 saturated heterocycles. The van der Waals surface area contributed by atoms with Crippen LogP contribution < -0.4 is 0 Å². The summed E-state index contributed by atoms with van der Waals surface area (Å²) in [5.41, 5.74) is 1.67. The zero-order valence-corrected chi connectivity index (χ0v) is 17.5. The van der Waals surface area contributed by atoms with Gasteiger partial charge >= 0.3 is 6.09 Å². The minimum absolute atomic E-state index is 0.0316. The quantitative estimate of drug-likeness (QED) is 0.532. The Kier molecular flexibility index (Phi) is 6.87. The summed E-state index contributed by atoms with van der Waals surface area (Å²) in [6, 6.07) is 5.99. The molecule has 0 bridgehead atoms. The van der Waals surface area contributed by atoms with Gasteiger partial charge in [-0.15, -0.1) is 0 Å². The number of nitrogens with zero attached hydrogens (tertiary/aromatic N) is 4. The highest BCUT2D eigenvalue weighted by Gasteiger charge is 2.28. The van der Waals surface area contributed by atoms with Crippen molar-refractivity contribution in [2.24, 2.45) is 0 Å². The molecule has 0 saturated carbocycles. The average Bonchev–Trinajstić information content (AvgIpc) is 3.18. The third-order valence-corrected chi connectivity index (χ3v) is 5.05. The van der Waals surface area contributed by atoms with Crippen molar-refractivity contribution in [3.8, 4) is 11.3 Å². The van der Waals surface area contributed by atoms with Crippen molar-refractivity contribution in [1.82, 2.24) is 19.4 Å². The minimum Gasteiger partial charge on any atom is -0.450 e. The van der Waals surface area contributed by atoms with Crippen LogP contribution in [0.1, 0.15) is 36.3 Å². The lowest BCUT2D eigenvalue weighted by atomic mass is 10.0. The number of benzene rings is 1. The smallest absolute Gasteiger partial charge is 0.409 e. The van der Waals surface area contributed by atoms with E-state index in [1.807, 2.05) is 18.7 Å². The summed E-state index contributed by atoms with van der Waals surface area (Å²) in [5.74, 6) is -0.516. The number of aromatic nitrogens is 2. The van der Waals surface area contributed by atoms with E-state index in [9.17, 15) is 14.0 Å². The molecular formula is C22H27FN4O3. The third kappa shape index (κ3) is 4.87. The monoisotopic (exact) mass is 414 g/mol. The predicted molar refractivity (Wildman–Crippen MR) is 112 cm³/mol. The molecule has 0 aliphatic carbocycles. The maximum Gasteiger partial charge on any atom is 0.409 e. The van der Waals surface area contributed by atoms with Gasteiger partial charge in [0.15, 0.2) is 0 Å². The first-order chi connectivity index (χ1) is 14.4. The molecule has 0 unspecified atom stereocenters. The number of hydrogen-bond donors (Lipinski definition) is 0. The number of ether oxygens (including phenoxy) is 1. The highest BCUT2D eigenvalue weighted by molar-refractivity contribution is 6.07. The predicted octanol–water partition coefficient (Wildman–Crippen LogP) is 3.74. The lowest BCUT2D eigenvalue weighted by Crippen LogP contribution is -2.39. The van der Waals surface area contributed by atoms with Crippen molar-refractivity contribution < 1.29 is 18.7 Å². The second-order valence-corrected chi connectivity index (χ2v) is 7.42. The number of carbonyl (C=O) groups is 2. The van der Waals surface area contributed by atoms with Crippen LogP contribution in [0.4, 0.5) is 9.18 Å². The first-order valence-corrected chi connectivity index (χ1v) is 10.0. The Hall–Kier alpha value is -3.16. The Labute approximate surface area is 175 Å². The number of allylic oxidation sites excluding steroid dienone is 1. The molecule has 8 heteroatoms. The summed E-state index contributed by atoms with van der Waals surface area (Å²) in [4.78, 5) is 33.0. The second kappa shape index (κ2) is 9.56. The van der Waals surface area contributed by atoms with Crippen LogP contribution in [0.15, 0.2) is 42.9 Å². The summed E-state index contributed by atoms with van der Waals surface area (Å²) in [6.45, 7) is 3.23. The van der Waals surface area contributed by atoms with Crippen molar-refractivity contribution in [3.05, 3.63) is 54.4 Å². The normalized spacial score (nSPS) is 14.9. The topological polar surface area (TPSA) is 67.7 Å². The van der Waals surface area contributed by atoms with Gasteiger partial charge in [0.1, 0.15) is 11.5 Å². The maximum absolute atomic E-state index is 13.4. The number of halogens is 1. The highest BCUT2D eigenvalue weighted by atomic mass is 19.1. The van der Waals surface area contributed by atoms with Crippen molar-refractivity contribution in [1.29, 1.82) is 0 Å². The summed E-state index contributed by atoms with van der Waals surface area (Å²) in [5, 5.41) is 0. The number of likely N-dealkylation sites (tertiary alicyclic amines) is 1. The van der Waals surface area contributed by atoms with Crippen LogP contribution in [-0.4, -0.2) is 65.0 Å². The van der Waals surface area contributed by atoms with Gasteiger partial charge in [0, 0.05) is 51.1 Å². The lowest BCUT2D eigenvalue weighted by Gasteiger charge is -2.32. The van der Waals surface area contributed by atoms with Gasteiger partial charge in [-0.25, -0.2) is 14.2 Å². The Bertz CT molecular complexity index is 913. The molecule has 0 radical (unpaired) electrons. The summed E-state index contributed by atoms with van der Waals surface area (Å²) in [6.07, 6.45) is 5.94. The van der Waals surface area contributed by atoms with Gasteiger partial charge in [0.25, 0.3) is 0 Å². The SMILES string of the molecule is CCOC(=O)N1CCC(n2cnc(-c3ccc(F)cc3)c2C(=O)C=CN(C)C)CC1. The van der Waals surface area contributed by atoms with Crippen LogP contribution in [-0.2, 0) is 4.74 Å². The van der Waals surface area contributed by atoms with E-state index in [1.54, 1.807) is 41.4 Å². The van der Waals surface area contributed by atoms with Gasteiger partial charge in [0.05, 0.1) is 18.6 Å². The molecule has 1 amide bonds. The molecule has 2 aromatic rings. The van der Waals surface area contributed by atoms with Crippen molar-refractivity contribution >= 4 is 11.9 Å². The minimum atomic E-state index is -0.343. The Morgan fingerprint density at radius 2 is 1.90 bits per heavy atom. The molecule has 1 aromatic heterocycles. The molecular weight excluding hydrogens is 387 g/mol. The molecule has 0 atom stereocenters. The standard InChI is InChI=1S/C22H27FN4O3/c1-4-30-22(29)26-13-9-18(10-14-26)27-15-24-20(16-5-7-17(23)8-6-16)21(27)19(28)11-12-25(2)3/h5-8,11-12,15,18H,4,9-10,13-14H2,1-3H3. The average molecular weight is 414 g/mol. The third-order valence-electron chi connectivity index (χ3n) is 5.05. The Balaban J connectivity index is 1.90. The van der Waals surface area contributed by atoms with E-state index in [-0.39, 0.29) is 23.7 Å². The first kappa shape index (κ1) is 21.5. The zero-order chi connectivity index (χ0) is 21.7. The zero-order valence-electron chi connectivity index (χ0n) is 17.5. The van der Waals surface area contributed by atoms with Gasteiger partial charge in [-0.2, -0.15) is 0 Å². The second-order valence-electron chi connectivity index (χ2n) is 7.42. The number of amides is 1. The fourth-order valence-electron chi connectivity index (χ4n) is 3.54. The summed E-state index contributed by atoms with van der Waals surface area (Å²) < 4.78 is 20.3. The van der Waals surface area contributed by atoms with Crippen molar-refractivity contribution in [2.45, 2.75) is 25.8 Å². The van der Waals surface area contributed by atoms with Crippen LogP contribution in [0, 0.1) is 5.82 Å². The largest absolute Gasteiger partial charge is 0.450 e. The summed E-state index contributed by atoms with van der Waals surface area (Å²) >= 11 is 0. The van der Waals surface area contributed by atoms with Gasteiger partial charge in [-0.05, 0) is 44.0 Å². The molecule has 160 valence electrons. The number of ketones is 1. The van der Waals surface area contributed by atoms with E-state index in [0.29, 0.717) is 49.5 Å². The molecule has 0 N–H and O–H groups in total. The van der Waals surface area contributed by atoms with E-state index >= 15 is 0 Å². The number of carbonyl (C=O) groups excluding carboxylic acids is 2. The lowest BCUT2D eigenvalue weighted by molar-refractivity contribution is 0.0911. The van der Waals surface area contributed by atoms with Gasteiger partial charge in [-0.3, -0.25) is 4.79 Å². The molecule has 1 fully saturated rings.